The Morgan fingerprint density at radius 3 is 2.00 bits per heavy atom. The van der Waals surface area contributed by atoms with Crippen LogP contribution in [0.25, 0.3) is 11.1 Å². The lowest BCUT2D eigenvalue weighted by Crippen LogP contribution is -2.11. The summed E-state index contributed by atoms with van der Waals surface area (Å²) in [6, 6.07) is 3.15. The molecular weight excluding hydrogens is 340 g/mol. The van der Waals surface area contributed by atoms with Crippen LogP contribution in [-0.2, 0) is 6.18 Å². The molecule has 1 aromatic carbocycles. The smallest absolute Gasteiger partial charge is 0.251 e. The van der Waals surface area contributed by atoms with E-state index in [9.17, 15) is 17.6 Å². The van der Waals surface area contributed by atoms with Crippen LogP contribution in [-0.4, -0.2) is 4.98 Å². The van der Waals surface area contributed by atoms with Gasteiger partial charge in [0.15, 0.2) is 5.69 Å². The molecule has 0 saturated heterocycles. The molecule has 106 valence electrons. The van der Waals surface area contributed by atoms with E-state index in [-0.39, 0.29) is 20.6 Å². The Balaban J connectivity index is 2.83. The zero-order chi connectivity index (χ0) is 15.1. The van der Waals surface area contributed by atoms with Gasteiger partial charge >= 0.3 is 6.18 Å². The summed E-state index contributed by atoms with van der Waals surface area (Å²) in [7, 11) is 0. The Bertz CT molecular complexity index is 647. The summed E-state index contributed by atoms with van der Waals surface area (Å²) in [5.41, 5.74) is -2.49. The standard InChI is InChI=1S/C12H4Cl3F4N/c13-5-3-6(14)9(7(15)4-5)10-8(16)1-2-20-11(10)12(17,18)19/h1-4H. The van der Waals surface area contributed by atoms with Crippen LogP contribution in [0.3, 0.4) is 0 Å². The highest BCUT2D eigenvalue weighted by molar-refractivity contribution is 6.41. The fraction of sp³-hybridized carbons (Fsp3) is 0.0833. The first-order valence-electron chi connectivity index (χ1n) is 5.08. The number of rotatable bonds is 1. The Labute approximate surface area is 126 Å². The lowest BCUT2D eigenvalue weighted by molar-refractivity contribution is -0.140. The van der Waals surface area contributed by atoms with Crippen molar-refractivity contribution in [2.45, 2.75) is 6.18 Å². The molecule has 0 saturated carbocycles. The first-order valence-corrected chi connectivity index (χ1v) is 6.22. The van der Waals surface area contributed by atoms with Crippen molar-refractivity contribution in [3.05, 3.63) is 51.0 Å². The minimum atomic E-state index is -4.84. The van der Waals surface area contributed by atoms with E-state index < -0.39 is 23.3 Å². The first kappa shape index (κ1) is 15.4. The fourth-order valence-electron chi connectivity index (χ4n) is 1.67. The molecule has 2 rings (SSSR count). The zero-order valence-corrected chi connectivity index (χ0v) is 11.7. The number of nitrogens with zero attached hydrogens (tertiary/aromatic N) is 1. The van der Waals surface area contributed by atoms with Gasteiger partial charge in [-0.25, -0.2) is 4.39 Å². The highest BCUT2D eigenvalue weighted by Gasteiger charge is 2.38. The van der Waals surface area contributed by atoms with Gasteiger partial charge in [-0.1, -0.05) is 34.8 Å². The maximum Gasteiger partial charge on any atom is 0.434 e. The number of aromatic nitrogens is 1. The molecule has 1 aromatic heterocycles. The van der Waals surface area contributed by atoms with E-state index >= 15 is 0 Å². The summed E-state index contributed by atoms with van der Waals surface area (Å²) < 4.78 is 52.6. The number of halogens is 7. The molecule has 0 aliphatic carbocycles. The van der Waals surface area contributed by atoms with Crippen LogP contribution in [0.1, 0.15) is 5.69 Å². The molecule has 0 fully saturated rings. The summed E-state index contributed by atoms with van der Waals surface area (Å²) in [6.45, 7) is 0. The molecule has 8 heteroatoms. The molecular formula is C12H4Cl3F4N. The molecule has 1 nitrogen and oxygen atoms in total. The number of pyridine rings is 1. The van der Waals surface area contributed by atoms with Crippen LogP contribution in [0.5, 0.6) is 0 Å². The molecule has 0 spiro atoms. The van der Waals surface area contributed by atoms with Crippen LogP contribution < -0.4 is 0 Å². The fourth-order valence-corrected chi connectivity index (χ4v) is 2.68. The van der Waals surface area contributed by atoms with Gasteiger partial charge < -0.3 is 0 Å². The number of hydrogen-bond acceptors (Lipinski definition) is 1. The third-order valence-electron chi connectivity index (χ3n) is 2.43. The highest BCUT2D eigenvalue weighted by atomic mass is 35.5. The second-order valence-corrected chi connectivity index (χ2v) is 5.01. The topological polar surface area (TPSA) is 12.9 Å². The van der Waals surface area contributed by atoms with Crippen LogP contribution >= 0.6 is 34.8 Å². The largest absolute Gasteiger partial charge is 0.434 e. The Hall–Kier alpha value is -1.04. The minimum Gasteiger partial charge on any atom is -0.251 e. The summed E-state index contributed by atoms with van der Waals surface area (Å²) in [5.74, 6) is -1.13. The van der Waals surface area contributed by atoms with Crippen molar-refractivity contribution >= 4 is 34.8 Å². The lowest BCUT2D eigenvalue weighted by atomic mass is 10.0. The Kier molecular flexibility index (Phi) is 4.14. The van der Waals surface area contributed by atoms with Gasteiger partial charge in [-0.2, -0.15) is 13.2 Å². The minimum absolute atomic E-state index is 0.126. The zero-order valence-electron chi connectivity index (χ0n) is 9.40. The molecule has 0 atom stereocenters. The summed E-state index contributed by atoms with van der Waals surface area (Å²) in [4.78, 5) is 3.18. The van der Waals surface area contributed by atoms with Crippen LogP contribution in [0.2, 0.25) is 15.1 Å². The normalized spacial score (nSPS) is 11.8. The molecule has 0 aliphatic rings. The number of alkyl halides is 3. The van der Waals surface area contributed by atoms with E-state index in [1.807, 2.05) is 0 Å². The molecule has 20 heavy (non-hydrogen) atoms. The van der Waals surface area contributed by atoms with Gasteiger partial charge in [-0.3, -0.25) is 4.98 Å². The second kappa shape index (κ2) is 5.39. The third kappa shape index (κ3) is 2.85. The van der Waals surface area contributed by atoms with Gasteiger partial charge in [0.1, 0.15) is 5.82 Å². The van der Waals surface area contributed by atoms with Crippen molar-refractivity contribution in [1.29, 1.82) is 0 Å². The van der Waals surface area contributed by atoms with Gasteiger partial charge in [0.2, 0.25) is 0 Å². The van der Waals surface area contributed by atoms with Gasteiger partial charge in [-0.15, -0.1) is 0 Å². The van der Waals surface area contributed by atoms with Crippen LogP contribution in [0.4, 0.5) is 17.6 Å². The van der Waals surface area contributed by atoms with E-state index in [0.717, 1.165) is 12.3 Å². The molecule has 0 radical (unpaired) electrons. The monoisotopic (exact) mass is 343 g/mol. The number of hydrogen-bond donors (Lipinski definition) is 0. The predicted octanol–water partition coefficient (Wildman–Crippen LogP) is 5.87. The third-order valence-corrected chi connectivity index (χ3v) is 3.24. The summed E-state index contributed by atoms with van der Waals surface area (Å²) >= 11 is 17.3. The van der Waals surface area contributed by atoms with E-state index in [1.54, 1.807) is 0 Å². The average molecular weight is 345 g/mol. The average Bonchev–Trinajstić information content (AvgIpc) is 2.28. The van der Waals surface area contributed by atoms with Crippen LogP contribution in [0.15, 0.2) is 24.4 Å². The lowest BCUT2D eigenvalue weighted by Gasteiger charge is -2.15. The van der Waals surface area contributed by atoms with E-state index in [2.05, 4.69) is 4.98 Å². The van der Waals surface area contributed by atoms with Gasteiger partial charge in [0.25, 0.3) is 0 Å². The molecule has 0 N–H and O–H groups in total. The molecule has 0 bridgehead atoms. The molecule has 0 unspecified atom stereocenters. The summed E-state index contributed by atoms with van der Waals surface area (Å²) in [6.07, 6.45) is -4.12. The van der Waals surface area contributed by atoms with Gasteiger partial charge in [0, 0.05) is 16.8 Å². The maximum atomic E-state index is 13.8. The predicted molar refractivity (Wildman–Crippen MR) is 69.7 cm³/mol. The molecule has 0 aliphatic heterocycles. The Morgan fingerprint density at radius 1 is 0.950 bits per heavy atom. The van der Waals surface area contributed by atoms with Crippen molar-refractivity contribution < 1.29 is 17.6 Å². The van der Waals surface area contributed by atoms with Crippen molar-refractivity contribution in [1.82, 2.24) is 4.98 Å². The van der Waals surface area contributed by atoms with Crippen molar-refractivity contribution in [2.24, 2.45) is 0 Å². The van der Waals surface area contributed by atoms with E-state index in [4.69, 9.17) is 34.8 Å². The van der Waals surface area contributed by atoms with Crippen LogP contribution in [0, 0.1) is 5.82 Å². The first-order chi connectivity index (χ1) is 9.21. The van der Waals surface area contributed by atoms with Crippen molar-refractivity contribution in [2.75, 3.05) is 0 Å². The summed E-state index contributed by atoms with van der Waals surface area (Å²) in [5, 5.41) is -0.263. The van der Waals surface area contributed by atoms with Gasteiger partial charge in [0.05, 0.1) is 15.6 Å². The van der Waals surface area contributed by atoms with Crippen molar-refractivity contribution in [3.63, 3.8) is 0 Å². The Morgan fingerprint density at radius 2 is 1.50 bits per heavy atom. The quantitative estimate of drug-likeness (QED) is 0.590. The van der Waals surface area contributed by atoms with Crippen molar-refractivity contribution in [3.8, 4) is 11.1 Å². The molecule has 0 amide bonds. The number of benzene rings is 1. The SMILES string of the molecule is Fc1ccnc(C(F)(F)F)c1-c1c(Cl)cc(Cl)cc1Cl. The van der Waals surface area contributed by atoms with E-state index in [0.29, 0.717) is 0 Å². The highest BCUT2D eigenvalue weighted by Crippen LogP contribution is 2.43. The van der Waals surface area contributed by atoms with Gasteiger partial charge in [-0.05, 0) is 18.2 Å². The van der Waals surface area contributed by atoms with E-state index in [1.165, 1.54) is 12.1 Å². The molecule has 2 aromatic rings. The molecule has 1 heterocycles. The second-order valence-electron chi connectivity index (χ2n) is 3.76. The maximum absolute atomic E-state index is 13.8.